The summed E-state index contributed by atoms with van der Waals surface area (Å²) in [6.07, 6.45) is 14.8. The molecule has 236 valence electrons. The fourth-order valence-corrected chi connectivity index (χ4v) is 9.01. The van der Waals surface area contributed by atoms with E-state index in [-0.39, 0.29) is 23.7 Å². The van der Waals surface area contributed by atoms with Crippen molar-refractivity contribution in [2.24, 2.45) is 10.9 Å². The van der Waals surface area contributed by atoms with Crippen LogP contribution in [0.25, 0.3) is 22.3 Å². The van der Waals surface area contributed by atoms with Gasteiger partial charge in [-0.3, -0.25) is 5.32 Å². The van der Waals surface area contributed by atoms with E-state index in [4.69, 9.17) is 4.99 Å². The van der Waals surface area contributed by atoms with Gasteiger partial charge in [-0.25, -0.2) is 4.99 Å². The Morgan fingerprint density at radius 2 is 1.33 bits per heavy atom. The summed E-state index contributed by atoms with van der Waals surface area (Å²) in [5.41, 5.74) is 15.9. The van der Waals surface area contributed by atoms with Gasteiger partial charge < -0.3 is 5.32 Å². The van der Waals surface area contributed by atoms with Gasteiger partial charge in [-0.1, -0.05) is 152 Å². The number of allylic oxidation sites excluding steroid dienone is 7. The predicted octanol–water partition coefficient (Wildman–Crippen LogP) is 10.1. The highest BCUT2D eigenvalue weighted by molar-refractivity contribution is 5.97. The van der Waals surface area contributed by atoms with E-state index in [9.17, 15) is 0 Å². The SMILES string of the molecule is C1=CC2=C(CC1)c1ccccc1C21c2ccccc2-c2ccc(C3=CC(C4=NC(c5ccccc5)NC(c5ccccc5)N4)CC=C3)cc21. The molecule has 0 saturated carbocycles. The topological polar surface area (TPSA) is 36.4 Å². The van der Waals surface area contributed by atoms with Crippen molar-refractivity contribution in [1.29, 1.82) is 0 Å². The summed E-state index contributed by atoms with van der Waals surface area (Å²) in [4.78, 5) is 5.29. The van der Waals surface area contributed by atoms with E-state index >= 15 is 0 Å². The van der Waals surface area contributed by atoms with Crippen molar-refractivity contribution in [1.82, 2.24) is 10.6 Å². The number of hydrogen-bond donors (Lipinski definition) is 2. The summed E-state index contributed by atoms with van der Waals surface area (Å²) < 4.78 is 0. The maximum absolute atomic E-state index is 5.29. The average Bonchev–Trinajstić information content (AvgIpc) is 3.66. The quantitative estimate of drug-likeness (QED) is 0.207. The van der Waals surface area contributed by atoms with Gasteiger partial charge in [0, 0.05) is 5.92 Å². The number of fused-ring (bicyclic) bond motifs is 9. The Morgan fingerprint density at radius 1 is 0.633 bits per heavy atom. The van der Waals surface area contributed by atoms with Gasteiger partial charge in [0.25, 0.3) is 0 Å². The van der Waals surface area contributed by atoms with Crippen molar-refractivity contribution in [2.45, 2.75) is 37.0 Å². The normalized spacial score (nSPS) is 24.4. The van der Waals surface area contributed by atoms with E-state index in [2.05, 4.69) is 168 Å². The van der Waals surface area contributed by atoms with E-state index in [1.807, 2.05) is 0 Å². The van der Waals surface area contributed by atoms with E-state index in [0.29, 0.717) is 0 Å². The van der Waals surface area contributed by atoms with Crippen LogP contribution in [0.2, 0.25) is 0 Å². The maximum Gasteiger partial charge on any atom is 0.129 e. The van der Waals surface area contributed by atoms with Crippen LogP contribution in [0.1, 0.15) is 70.5 Å². The molecular weight excluding hydrogens is 595 g/mol. The van der Waals surface area contributed by atoms with Crippen molar-refractivity contribution in [2.75, 3.05) is 0 Å². The van der Waals surface area contributed by atoms with Gasteiger partial charge in [-0.2, -0.15) is 0 Å². The molecule has 5 aliphatic rings. The third kappa shape index (κ3) is 4.35. The fraction of sp³-hybridized carbons (Fsp3) is 0.152. The third-order valence-corrected chi connectivity index (χ3v) is 11.2. The molecule has 5 aromatic carbocycles. The Morgan fingerprint density at radius 3 is 2.14 bits per heavy atom. The van der Waals surface area contributed by atoms with Crippen molar-refractivity contribution in [3.8, 4) is 11.1 Å². The van der Waals surface area contributed by atoms with Gasteiger partial charge in [0.15, 0.2) is 0 Å². The molecule has 3 nitrogen and oxygen atoms in total. The largest absolute Gasteiger partial charge is 0.354 e. The smallest absolute Gasteiger partial charge is 0.129 e. The summed E-state index contributed by atoms with van der Waals surface area (Å²) in [5.74, 6) is 1.17. The Kier molecular flexibility index (Phi) is 6.57. The van der Waals surface area contributed by atoms with Crippen molar-refractivity contribution in [3.63, 3.8) is 0 Å². The first-order valence-electron chi connectivity index (χ1n) is 17.6. The van der Waals surface area contributed by atoms with Crippen LogP contribution in [-0.2, 0) is 5.41 Å². The van der Waals surface area contributed by atoms with Crippen molar-refractivity contribution < 1.29 is 0 Å². The zero-order chi connectivity index (χ0) is 32.4. The molecule has 1 heterocycles. The first-order chi connectivity index (χ1) is 24.3. The molecule has 0 amide bonds. The van der Waals surface area contributed by atoms with Crippen LogP contribution in [0, 0.1) is 5.92 Å². The Labute approximate surface area is 288 Å². The van der Waals surface area contributed by atoms with Crippen LogP contribution in [0.3, 0.4) is 0 Å². The molecule has 5 aromatic rings. The second-order valence-corrected chi connectivity index (χ2v) is 13.8. The minimum atomic E-state index is -0.296. The second-order valence-electron chi connectivity index (χ2n) is 13.8. The molecule has 0 radical (unpaired) electrons. The zero-order valence-electron chi connectivity index (χ0n) is 27.3. The van der Waals surface area contributed by atoms with E-state index in [1.165, 1.54) is 66.8 Å². The van der Waals surface area contributed by atoms with E-state index in [1.54, 1.807) is 0 Å². The van der Waals surface area contributed by atoms with Gasteiger partial charge in [0.1, 0.15) is 18.2 Å². The van der Waals surface area contributed by atoms with Crippen LogP contribution >= 0.6 is 0 Å². The number of nitrogens with one attached hydrogen (secondary N) is 2. The van der Waals surface area contributed by atoms with Crippen LogP contribution in [0.4, 0.5) is 0 Å². The van der Waals surface area contributed by atoms with Gasteiger partial charge >= 0.3 is 0 Å². The second kappa shape index (κ2) is 11.3. The summed E-state index contributed by atoms with van der Waals surface area (Å²) in [5, 5.41) is 7.54. The first kappa shape index (κ1) is 28.5. The maximum atomic E-state index is 5.29. The van der Waals surface area contributed by atoms with Crippen LogP contribution in [0.5, 0.6) is 0 Å². The van der Waals surface area contributed by atoms with Gasteiger partial charge in [0.2, 0.25) is 0 Å². The highest BCUT2D eigenvalue weighted by atomic mass is 15.3. The first-order valence-corrected chi connectivity index (χ1v) is 17.6. The predicted molar refractivity (Wildman–Crippen MR) is 201 cm³/mol. The molecule has 0 fully saturated rings. The number of benzene rings is 5. The number of rotatable bonds is 4. The highest BCUT2D eigenvalue weighted by Gasteiger charge is 2.52. The molecule has 2 N–H and O–H groups in total. The number of aliphatic imine (C=N–C) groups is 1. The lowest BCUT2D eigenvalue weighted by atomic mass is 9.68. The van der Waals surface area contributed by atoms with Gasteiger partial charge in [-0.15, -0.1) is 0 Å². The number of amidine groups is 1. The Balaban J connectivity index is 1.08. The Hall–Kier alpha value is -5.51. The monoisotopic (exact) mass is 631 g/mol. The average molecular weight is 632 g/mol. The summed E-state index contributed by atoms with van der Waals surface area (Å²) in [6, 6.07) is 46.7. The highest BCUT2D eigenvalue weighted by Crippen LogP contribution is 2.63. The van der Waals surface area contributed by atoms with E-state index in [0.717, 1.165) is 25.1 Å². The lowest BCUT2D eigenvalue weighted by molar-refractivity contribution is 0.399. The number of nitrogens with zero attached hydrogens (tertiary/aromatic N) is 1. The van der Waals surface area contributed by atoms with Crippen molar-refractivity contribution in [3.05, 3.63) is 202 Å². The lowest BCUT2D eigenvalue weighted by Crippen LogP contribution is -2.47. The van der Waals surface area contributed by atoms with E-state index < -0.39 is 0 Å². The molecule has 10 rings (SSSR count). The minimum Gasteiger partial charge on any atom is -0.354 e. The molecule has 4 unspecified atom stereocenters. The molecule has 4 aliphatic carbocycles. The third-order valence-electron chi connectivity index (χ3n) is 11.2. The molecular formula is C46H37N3. The number of hydrogen-bond acceptors (Lipinski definition) is 3. The molecule has 4 atom stereocenters. The fourth-order valence-electron chi connectivity index (χ4n) is 9.01. The molecule has 3 heteroatoms. The molecule has 49 heavy (non-hydrogen) atoms. The lowest BCUT2D eigenvalue weighted by Gasteiger charge is -2.35. The zero-order valence-corrected chi connectivity index (χ0v) is 27.3. The summed E-state index contributed by atoms with van der Waals surface area (Å²) >= 11 is 0. The van der Waals surface area contributed by atoms with Crippen LogP contribution in [0.15, 0.2) is 168 Å². The van der Waals surface area contributed by atoms with Gasteiger partial charge in [0.05, 0.1) is 5.41 Å². The van der Waals surface area contributed by atoms with Crippen LogP contribution in [-0.4, -0.2) is 5.84 Å². The van der Waals surface area contributed by atoms with Crippen molar-refractivity contribution >= 4 is 17.0 Å². The molecule has 1 aliphatic heterocycles. The molecule has 0 bridgehead atoms. The minimum absolute atomic E-state index is 0.0338. The standard InChI is InChI=1S/C46H37N3/c1-3-14-30(15-4-1)43-47-44(31-16-5-2-6-17-31)49-45(48-43)34-19-13-18-32(28-34)33-26-27-38-37-22-9-12-25-41(37)46(42(38)29-33)39-23-10-7-20-35(39)36-21-8-11-24-40(36)46/h1-7,9-18,20,22-29,34,43-44,47H,8,19,21H2,(H,48,49). The molecule has 0 saturated heterocycles. The molecule has 1 spiro atoms. The van der Waals surface area contributed by atoms with Gasteiger partial charge in [-0.05, 0) is 92.1 Å². The summed E-state index contributed by atoms with van der Waals surface area (Å²) in [7, 11) is 0. The summed E-state index contributed by atoms with van der Waals surface area (Å²) in [6.45, 7) is 0. The molecule has 0 aromatic heterocycles. The Bertz CT molecular complexity index is 2270. The van der Waals surface area contributed by atoms with Crippen LogP contribution < -0.4 is 10.6 Å².